The molecule has 4 aromatic rings. The molecule has 0 unspecified atom stereocenters. The summed E-state index contributed by atoms with van der Waals surface area (Å²) in [5.41, 5.74) is 5.32. The third kappa shape index (κ3) is 3.62. The van der Waals surface area contributed by atoms with Crippen molar-refractivity contribution in [3.63, 3.8) is 0 Å². The van der Waals surface area contributed by atoms with E-state index in [0.29, 0.717) is 23.2 Å². The van der Waals surface area contributed by atoms with E-state index in [1.54, 1.807) is 29.3 Å². The molecule has 0 spiro atoms. The van der Waals surface area contributed by atoms with E-state index in [-0.39, 0.29) is 5.56 Å². The highest BCUT2D eigenvalue weighted by Crippen LogP contribution is 2.42. The van der Waals surface area contributed by atoms with Crippen LogP contribution in [0.1, 0.15) is 45.9 Å². The normalized spacial score (nSPS) is 13.2. The predicted octanol–water partition coefficient (Wildman–Crippen LogP) is 5.27. The maximum absolute atomic E-state index is 12.1. The van der Waals surface area contributed by atoms with Crippen LogP contribution in [0.25, 0.3) is 16.9 Å². The van der Waals surface area contributed by atoms with Crippen molar-refractivity contribution in [1.29, 1.82) is 0 Å². The molecule has 1 aromatic carbocycles. The van der Waals surface area contributed by atoms with Gasteiger partial charge in [-0.3, -0.25) is 4.98 Å². The molecule has 0 atom stereocenters. The van der Waals surface area contributed by atoms with Crippen LogP contribution in [0, 0.1) is 13.8 Å². The second-order valence-electron chi connectivity index (χ2n) is 8.12. The molecule has 0 aliphatic heterocycles. The van der Waals surface area contributed by atoms with Gasteiger partial charge in [-0.2, -0.15) is 9.78 Å². The van der Waals surface area contributed by atoms with E-state index >= 15 is 0 Å². The van der Waals surface area contributed by atoms with Gasteiger partial charge in [0.25, 0.3) is 0 Å². The molecular formula is C25H23N5O2. The molecule has 1 fully saturated rings. The Kier molecular flexibility index (Phi) is 4.93. The highest BCUT2D eigenvalue weighted by Gasteiger charge is 2.26. The molecule has 2 N–H and O–H groups in total. The Bertz CT molecular complexity index is 1310. The number of carboxylic acids is 1. The van der Waals surface area contributed by atoms with Gasteiger partial charge in [-0.1, -0.05) is 18.2 Å². The van der Waals surface area contributed by atoms with Crippen molar-refractivity contribution in [2.24, 2.45) is 0 Å². The lowest BCUT2D eigenvalue weighted by Crippen LogP contribution is -2.09. The van der Waals surface area contributed by atoms with Crippen molar-refractivity contribution in [2.45, 2.75) is 32.6 Å². The molecule has 0 bridgehead atoms. The van der Waals surface area contributed by atoms with Gasteiger partial charge < -0.3 is 10.4 Å². The predicted molar refractivity (Wildman–Crippen MR) is 123 cm³/mol. The van der Waals surface area contributed by atoms with Crippen molar-refractivity contribution in [1.82, 2.24) is 19.7 Å². The molecule has 1 aliphatic carbocycles. The van der Waals surface area contributed by atoms with Crippen LogP contribution in [-0.2, 0) is 0 Å². The first kappa shape index (κ1) is 19.9. The molecule has 1 saturated carbocycles. The maximum Gasteiger partial charge on any atom is 0.337 e. The molecule has 5 rings (SSSR count). The van der Waals surface area contributed by atoms with Gasteiger partial charge in [0.2, 0.25) is 0 Å². The first-order valence-corrected chi connectivity index (χ1v) is 10.6. The average Bonchev–Trinajstić information content (AvgIpc) is 3.59. The summed E-state index contributed by atoms with van der Waals surface area (Å²) in [6.45, 7) is 3.90. The Labute approximate surface area is 185 Å². The molecule has 0 amide bonds. The molecule has 0 saturated heterocycles. The number of hydrogen-bond acceptors (Lipinski definition) is 5. The number of benzene rings is 1. The number of nitrogens with zero attached hydrogens (tertiary/aromatic N) is 4. The second kappa shape index (κ2) is 7.92. The summed E-state index contributed by atoms with van der Waals surface area (Å²) in [6.07, 6.45) is 7.45. The number of nitrogens with one attached hydrogen (secondary N) is 1. The van der Waals surface area contributed by atoms with E-state index in [9.17, 15) is 9.90 Å². The Balaban J connectivity index is 1.69. The number of aromatic nitrogens is 4. The van der Waals surface area contributed by atoms with E-state index in [2.05, 4.69) is 15.3 Å². The van der Waals surface area contributed by atoms with Gasteiger partial charge in [-0.05, 0) is 68.0 Å². The lowest BCUT2D eigenvalue weighted by Gasteiger charge is -2.15. The highest BCUT2D eigenvalue weighted by atomic mass is 16.4. The third-order valence-electron chi connectivity index (χ3n) is 5.77. The number of carboxylic acid groups (broad SMARTS) is 1. The molecule has 3 aromatic heterocycles. The van der Waals surface area contributed by atoms with E-state index in [1.165, 1.54) is 0 Å². The first-order chi connectivity index (χ1) is 15.5. The molecule has 0 radical (unpaired) electrons. The molecule has 7 heteroatoms. The van der Waals surface area contributed by atoms with Crippen molar-refractivity contribution >= 4 is 17.5 Å². The lowest BCUT2D eigenvalue weighted by atomic mass is 10.0. The zero-order valence-corrected chi connectivity index (χ0v) is 17.9. The van der Waals surface area contributed by atoms with E-state index in [1.807, 2.05) is 50.2 Å². The number of hydrogen-bond donors (Lipinski definition) is 2. The second-order valence-corrected chi connectivity index (χ2v) is 8.12. The summed E-state index contributed by atoms with van der Waals surface area (Å²) < 4.78 is 1.74. The van der Waals surface area contributed by atoms with Gasteiger partial charge >= 0.3 is 5.97 Å². The third-order valence-corrected chi connectivity index (χ3v) is 5.77. The zero-order valence-electron chi connectivity index (χ0n) is 17.9. The fourth-order valence-corrected chi connectivity index (χ4v) is 4.00. The average molecular weight is 425 g/mol. The van der Waals surface area contributed by atoms with Crippen LogP contribution in [0.2, 0.25) is 0 Å². The smallest absolute Gasteiger partial charge is 0.337 e. The van der Waals surface area contributed by atoms with Crippen molar-refractivity contribution in [3.05, 3.63) is 83.4 Å². The van der Waals surface area contributed by atoms with Gasteiger partial charge in [-0.25, -0.2) is 9.78 Å². The minimum absolute atomic E-state index is 0.245. The quantitative estimate of drug-likeness (QED) is 0.437. The van der Waals surface area contributed by atoms with Crippen molar-refractivity contribution in [2.75, 3.05) is 5.32 Å². The van der Waals surface area contributed by atoms with Crippen molar-refractivity contribution in [3.8, 4) is 16.9 Å². The van der Waals surface area contributed by atoms with Gasteiger partial charge in [-0.15, -0.1) is 0 Å². The number of anilines is 2. The van der Waals surface area contributed by atoms with Crippen LogP contribution >= 0.6 is 0 Å². The number of carbonyl (C=O) groups is 1. The summed E-state index contributed by atoms with van der Waals surface area (Å²) in [6, 6.07) is 13.3. The molecular weight excluding hydrogens is 402 g/mol. The molecule has 160 valence electrons. The van der Waals surface area contributed by atoms with Crippen LogP contribution in [0.4, 0.5) is 11.5 Å². The fourth-order valence-electron chi connectivity index (χ4n) is 4.00. The molecule has 3 heterocycles. The first-order valence-electron chi connectivity index (χ1n) is 10.6. The number of pyridine rings is 2. The van der Waals surface area contributed by atoms with E-state index in [4.69, 9.17) is 5.10 Å². The minimum Gasteiger partial charge on any atom is -0.478 e. The monoisotopic (exact) mass is 425 g/mol. The largest absolute Gasteiger partial charge is 0.478 e. The summed E-state index contributed by atoms with van der Waals surface area (Å²) in [4.78, 5) is 20.9. The maximum atomic E-state index is 12.1. The van der Waals surface area contributed by atoms with Gasteiger partial charge in [0, 0.05) is 29.7 Å². The summed E-state index contributed by atoms with van der Waals surface area (Å²) in [5.74, 6) is 0.838. The standard InChI is InChI=1S/C25H23N5O2/c1-15-5-3-12-27-23(15)30-24(22(16(2)29-30)19-6-4-11-26-14-19)28-21-10-9-18(17-7-8-17)13-20(21)25(31)32/h3-6,9-14,17,28H,7-8H2,1-2H3,(H,31,32). The van der Waals surface area contributed by atoms with Crippen LogP contribution < -0.4 is 5.32 Å². The van der Waals surface area contributed by atoms with Crippen LogP contribution in [0.3, 0.4) is 0 Å². The van der Waals surface area contributed by atoms with Crippen LogP contribution in [0.15, 0.2) is 61.1 Å². The summed E-state index contributed by atoms with van der Waals surface area (Å²) >= 11 is 0. The van der Waals surface area contributed by atoms with Gasteiger partial charge in [0.1, 0.15) is 5.82 Å². The topological polar surface area (TPSA) is 92.9 Å². The Morgan fingerprint density at radius 1 is 1.12 bits per heavy atom. The van der Waals surface area contributed by atoms with Gasteiger partial charge in [0.05, 0.1) is 16.9 Å². The number of rotatable bonds is 6. The van der Waals surface area contributed by atoms with Crippen LogP contribution in [0.5, 0.6) is 0 Å². The minimum atomic E-state index is -0.963. The number of aryl methyl sites for hydroxylation is 2. The van der Waals surface area contributed by atoms with Gasteiger partial charge in [0.15, 0.2) is 5.82 Å². The Morgan fingerprint density at radius 2 is 1.94 bits per heavy atom. The Hall–Kier alpha value is -4.00. The number of aromatic carboxylic acids is 1. The van der Waals surface area contributed by atoms with E-state index in [0.717, 1.165) is 40.8 Å². The lowest BCUT2D eigenvalue weighted by molar-refractivity contribution is 0.0698. The summed E-state index contributed by atoms with van der Waals surface area (Å²) in [5, 5.41) is 18.0. The van der Waals surface area contributed by atoms with E-state index < -0.39 is 5.97 Å². The fraction of sp³-hybridized carbons (Fsp3) is 0.200. The molecule has 1 aliphatic rings. The van der Waals surface area contributed by atoms with Crippen molar-refractivity contribution < 1.29 is 9.90 Å². The summed E-state index contributed by atoms with van der Waals surface area (Å²) in [7, 11) is 0. The molecule has 32 heavy (non-hydrogen) atoms. The zero-order chi connectivity index (χ0) is 22.2. The van der Waals surface area contributed by atoms with Crippen LogP contribution in [-0.4, -0.2) is 30.8 Å². The highest BCUT2D eigenvalue weighted by molar-refractivity contribution is 5.96. The SMILES string of the molecule is Cc1cccnc1-n1nc(C)c(-c2cccnc2)c1Nc1ccc(C2CC2)cc1C(=O)O. The Morgan fingerprint density at radius 3 is 2.62 bits per heavy atom. The molecule has 7 nitrogen and oxygen atoms in total.